The van der Waals surface area contributed by atoms with Crippen LogP contribution in [-0.4, -0.2) is 58.1 Å². The van der Waals surface area contributed by atoms with Crippen LogP contribution in [-0.2, 0) is 19.6 Å². The topological polar surface area (TPSA) is 140 Å². The molecule has 0 aliphatic carbocycles. The molecule has 3 N–H and O–H groups in total. The molecule has 0 saturated carbocycles. The van der Waals surface area contributed by atoms with Crippen LogP contribution in [0.2, 0.25) is 0 Å². The molecule has 0 spiro atoms. The van der Waals surface area contributed by atoms with Crippen molar-refractivity contribution < 1.29 is 22.9 Å². The second kappa shape index (κ2) is 8.85. The van der Waals surface area contributed by atoms with Crippen molar-refractivity contribution in [1.29, 1.82) is 0 Å². The fraction of sp³-hybridized carbons (Fsp3) is 0.500. The van der Waals surface area contributed by atoms with E-state index >= 15 is 0 Å². The number of rotatable bonds is 8. The highest BCUT2D eigenvalue weighted by molar-refractivity contribution is 7.89. The zero-order valence-electron chi connectivity index (χ0n) is 13.4. The molecule has 1 aromatic carbocycles. The van der Waals surface area contributed by atoms with E-state index in [9.17, 15) is 23.3 Å². The van der Waals surface area contributed by atoms with Gasteiger partial charge in [0.2, 0.25) is 15.9 Å². The minimum absolute atomic E-state index is 0.0225. The predicted octanol–water partition coefficient (Wildman–Crippen LogP) is -0.632. The summed E-state index contributed by atoms with van der Waals surface area (Å²) in [5, 5.41) is 16.5. The highest BCUT2D eigenvalue weighted by Gasteiger charge is 2.18. The lowest BCUT2D eigenvalue weighted by Crippen LogP contribution is -2.45. The van der Waals surface area contributed by atoms with Crippen molar-refractivity contribution in [2.75, 3.05) is 32.8 Å². The van der Waals surface area contributed by atoms with E-state index in [2.05, 4.69) is 15.4 Å². The van der Waals surface area contributed by atoms with Gasteiger partial charge in [-0.1, -0.05) is 6.07 Å². The molecule has 1 saturated heterocycles. The molecular weight excluding hydrogens is 352 g/mol. The molecule has 25 heavy (non-hydrogen) atoms. The van der Waals surface area contributed by atoms with Crippen LogP contribution < -0.4 is 15.4 Å². The summed E-state index contributed by atoms with van der Waals surface area (Å²) in [4.78, 5) is 21.6. The average molecular weight is 372 g/mol. The molecule has 0 aromatic heterocycles. The number of benzene rings is 1. The minimum atomic E-state index is -3.88. The molecule has 0 bridgehead atoms. The van der Waals surface area contributed by atoms with Gasteiger partial charge in [0.15, 0.2) is 0 Å². The van der Waals surface area contributed by atoms with E-state index in [1.54, 1.807) is 0 Å². The third-order valence-electron chi connectivity index (χ3n) is 3.51. The third-order valence-corrected chi connectivity index (χ3v) is 4.97. The maximum absolute atomic E-state index is 12.1. The van der Waals surface area contributed by atoms with Gasteiger partial charge in [0.25, 0.3) is 5.69 Å². The number of sulfonamides is 1. The van der Waals surface area contributed by atoms with Crippen molar-refractivity contribution in [3.8, 4) is 0 Å². The predicted molar refractivity (Wildman–Crippen MR) is 88.5 cm³/mol. The number of non-ortho nitro benzene ring substituents is 1. The summed E-state index contributed by atoms with van der Waals surface area (Å²) >= 11 is 0. The SMILES string of the molecule is O=C(CC1COCCN1)NCCNS(=O)(=O)c1cccc([N+](=O)[O-])c1. The summed E-state index contributed by atoms with van der Waals surface area (Å²) in [6.45, 7) is 1.87. The van der Waals surface area contributed by atoms with Crippen LogP contribution in [0.3, 0.4) is 0 Å². The van der Waals surface area contributed by atoms with E-state index in [4.69, 9.17) is 4.74 Å². The maximum atomic E-state index is 12.1. The van der Waals surface area contributed by atoms with Gasteiger partial charge in [0.1, 0.15) is 0 Å². The Kier molecular flexibility index (Phi) is 6.82. The number of carbonyl (C=O) groups is 1. The molecule has 1 aliphatic rings. The van der Waals surface area contributed by atoms with Crippen molar-refractivity contribution in [2.45, 2.75) is 17.4 Å². The normalized spacial score (nSPS) is 17.8. The molecule has 1 aliphatic heterocycles. The van der Waals surface area contributed by atoms with Gasteiger partial charge in [0, 0.05) is 44.2 Å². The van der Waals surface area contributed by atoms with Gasteiger partial charge in [-0.25, -0.2) is 13.1 Å². The lowest BCUT2D eigenvalue weighted by Gasteiger charge is -2.23. The lowest BCUT2D eigenvalue weighted by atomic mass is 10.2. The second-order valence-corrected chi connectivity index (χ2v) is 7.20. The van der Waals surface area contributed by atoms with Crippen molar-refractivity contribution in [3.05, 3.63) is 34.4 Å². The lowest BCUT2D eigenvalue weighted by molar-refractivity contribution is -0.385. The average Bonchev–Trinajstić information content (AvgIpc) is 2.60. The van der Waals surface area contributed by atoms with Gasteiger partial charge in [0.05, 0.1) is 23.0 Å². The van der Waals surface area contributed by atoms with E-state index in [-0.39, 0.29) is 42.0 Å². The van der Waals surface area contributed by atoms with Crippen LogP contribution in [0.25, 0.3) is 0 Å². The van der Waals surface area contributed by atoms with Crippen molar-refractivity contribution in [2.24, 2.45) is 0 Å². The smallest absolute Gasteiger partial charge is 0.270 e. The Hall–Kier alpha value is -2.08. The Morgan fingerprint density at radius 1 is 1.40 bits per heavy atom. The number of amides is 1. The van der Waals surface area contributed by atoms with E-state index in [1.807, 2.05) is 0 Å². The second-order valence-electron chi connectivity index (χ2n) is 5.43. The highest BCUT2D eigenvalue weighted by Crippen LogP contribution is 2.16. The number of nitrogens with one attached hydrogen (secondary N) is 3. The van der Waals surface area contributed by atoms with Crippen molar-refractivity contribution >= 4 is 21.6 Å². The molecule has 2 rings (SSSR count). The molecule has 1 heterocycles. The Labute approximate surface area is 145 Å². The summed E-state index contributed by atoms with van der Waals surface area (Å²) in [6, 6.07) is 4.71. The number of nitro groups is 1. The summed E-state index contributed by atoms with van der Waals surface area (Å²) in [6.07, 6.45) is 0.248. The van der Waals surface area contributed by atoms with Gasteiger partial charge < -0.3 is 15.4 Å². The monoisotopic (exact) mass is 372 g/mol. The number of nitrogens with zero attached hydrogens (tertiary/aromatic N) is 1. The number of nitro benzene ring substituents is 1. The molecule has 0 radical (unpaired) electrons. The standard InChI is InChI=1S/C14H20N4O6S/c19-14(8-11-10-24-7-6-15-11)16-4-5-17-25(22,23)13-3-1-2-12(9-13)18(20)21/h1-3,9,11,15,17H,4-8,10H2,(H,16,19). The molecule has 1 unspecified atom stereocenters. The van der Waals surface area contributed by atoms with Gasteiger partial charge in [-0.3, -0.25) is 14.9 Å². The number of morpholine rings is 1. The molecule has 11 heteroatoms. The number of hydrogen-bond donors (Lipinski definition) is 3. The van der Waals surface area contributed by atoms with Crippen LogP contribution in [0.15, 0.2) is 29.2 Å². The Balaban J connectivity index is 1.77. The Morgan fingerprint density at radius 2 is 2.20 bits per heavy atom. The number of ether oxygens (including phenoxy) is 1. The first-order valence-electron chi connectivity index (χ1n) is 7.70. The van der Waals surface area contributed by atoms with E-state index in [0.29, 0.717) is 19.8 Å². The van der Waals surface area contributed by atoms with Crippen LogP contribution in [0, 0.1) is 10.1 Å². The fourth-order valence-electron chi connectivity index (χ4n) is 2.28. The third kappa shape index (κ3) is 6.05. The zero-order chi connectivity index (χ0) is 18.3. The number of hydrogen-bond acceptors (Lipinski definition) is 7. The van der Waals surface area contributed by atoms with Gasteiger partial charge >= 0.3 is 0 Å². The van der Waals surface area contributed by atoms with Gasteiger partial charge in [-0.15, -0.1) is 0 Å². The fourth-order valence-corrected chi connectivity index (χ4v) is 3.35. The molecule has 1 aromatic rings. The quantitative estimate of drug-likeness (QED) is 0.313. The summed E-state index contributed by atoms with van der Waals surface area (Å²) in [7, 11) is -3.88. The highest BCUT2D eigenvalue weighted by atomic mass is 32.2. The van der Waals surface area contributed by atoms with E-state index in [0.717, 1.165) is 6.07 Å². The van der Waals surface area contributed by atoms with Crippen LogP contribution in [0.4, 0.5) is 5.69 Å². The largest absolute Gasteiger partial charge is 0.378 e. The molecule has 1 fully saturated rings. The van der Waals surface area contributed by atoms with Gasteiger partial charge in [-0.2, -0.15) is 0 Å². The molecule has 1 amide bonds. The Bertz CT molecular complexity index is 718. The number of carbonyl (C=O) groups excluding carboxylic acids is 1. The summed E-state index contributed by atoms with van der Waals surface area (Å²) < 4.78 is 31.7. The molecule has 1 atom stereocenters. The molecule has 10 nitrogen and oxygen atoms in total. The zero-order valence-corrected chi connectivity index (χ0v) is 14.3. The first-order valence-corrected chi connectivity index (χ1v) is 9.19. The van der Waals surface area contributed by atoms with Crippen LogP contribution in [0.5, 0.6) is 0 Å². The van der Waals surface area contributed by atoms with Gasteiger partial charge in [-0.05, 0) is 6.07 Å². The summed E-state index contributed by atoms with van der Waals surface area (Å²) in [5.74, 6) is -0.211. The maximum Gasteiger partial charge on any atom is 0.270 e. The first kappa shape index (κ1) is 19.2. The van der Waals surface area contributed by atoms with Crippen molar-refractivity contribution in [1.82, 2.24) is 15.4 Å². The van der Waals surface area contributed by atoms with Crippen LogP contribution >= 0.6 is 0 Å². The summed E-state index contributed by atoms with van der Waals surface area (Å²) in [5.41, 5.74) is -0.307. The molecular formula is C14H20N4O6S. The van der Waals surface area contributed by atoms with Crippen molar-refractivity contribution in [3.63, 3.8) is 0 Å². The Morgan fingerprint density at radius 3 is 2.88 bits per heavy atom. The van der Waals surface area contributed by atoms with E-state index < -0.39 is 14.9 Å². The van der Waals surface area contributed by atoms with Crippen LogP contribution in [0.1, 0.15) is 6.42 Å². The minimum Gasteiger partial charge on any atom is -0.378 e. The van der Waals surface area contributed by atoms with E-state index in [1.165, 1.54) is 18.2 Å². The molecule has 138 valence electrons. The first-order chi connectivity index (χ1) is 11.9.